The molecule has 1 heterocycles. The highest BCUT2D eigenvalue weighted by atomic mass is 16.5. The van der Waals surface area contributed by atoms with E-state index in [0.29, 0.717) is 16.7 Å². The normalized spacial score (nSPS) is 10.6. The molecule has 4 rings (SSSR count). The summed E-state index contributed by atoms with van der Waals surface area (Å²) in [5, 5.41) is 0. The average Bonchev–Trinajstić information content (AvgIpc) is 3.23. The van der Waals surface area contributed by atoms with Crippen molar-refractivity contribution in [1.82, 2.24) is 4.98 Å². The van der Waals surface area contributed by atoms with Gasteiger partial charge in [-0.05, 0) is 42.5 Å². The Morgan fingerprint density at radius 3 is 2.21 bits per heavy atom. The second kappa shape index (κ2) is 8.39. The van der Waals surface area contributed by atoms with Crippen LogP contribution in [0.1, 0.15) is 16.8 Å². The van der Waals surface area contributed by atoms with E-state index in [2.05, 4.69) is 4.98 Å². The molecule has 0 atom stereocenters. The fourth-order valence-electron chi connectivity index (χ4n) is 3.00. The number of esters is 1. The summed E-state index contributed by atoms with van der Waals surface area (Å²) in [6.07, 6.45) is 1.38. The fraction of sp³-hybridized carbons (Fsp3) is 0.0870. The van der Waals surface area contributed by atoms with Crippen LogP contribution < -0.4 is 4.90 Å². The van der Waals surface area contributed by atoms with Crippen molar-refractivity contribution in [3.05, 3.63) is 90.8 Å². The average molecular weight is 386 g/mol. The summed E-state index contributed by atoms with van der Waals surface area (Å²) in [6.45, 7) is -0.0255. The van der Waals surface area contributed by atoms with Crippen LogP contribution >= 0.6 is 0 Å². The van der Waals surface area contributed by atoms with Gasteiger partial charge in [0, 0.05) is 11.4 Å². The number of amides is 1. The van der Waals surface area contributed by atoms with Gasteiger partial charge in [0.25, 0.3) is 0 Å². The molecule has 0 spiro atoms. The number of benzene rings is 3. The second-order valence-electron chi connectivity index (χ2n) is 6.32. The Labute approximate surface area is 167 Å². The number of hydrogen-bond donors (Lipinski definition) is 0. The first kappa shape index (κ1) is 18.4. The minimum absolute atomic E-state index is 0.0255. The van der Waals surface area contributed by atoms with Crippen LogP contribution in [0.15, 0.2) is 89.7 Å². The molecule has 29 heavy (non-hydrogen) atoms. The third kappa shape index (κ3) is 4.16. The van der Waals surface area contributed by atoms with Gasteiger partial charge in [-0.15, -0.1) is 0 Å². The van der Waals surface area contributed by atoms with Crippen LogP contribution in [-0.4, -0.2) is 23.5 Å². The summed E-state index contributed by atoms with van der Waals surface area (Å²) in [5.41, 5.74) is 3.04. The van der Waals surface area contributed by atoms with Gasteiger partial charge in [-0.3, -0.25) is 9.69 Å². The van der Waals surface area contributed by atoms with Crippen LogP contribution in [-0.2, 0) is 9.53 Å². The van der Waals surface area contributed by atoms with E-state index in [1.807, 2.05) is 60.7 Å². The first-order valence-electron chi connectivity index (χ1n) is 9.16. The van der Waals surface area contributed by atoms with Crippen molar-refractivity contribution in [2.24, 2.45) is 0 Å². The van der Waals surface area contributed by atoms with Gasteiger partial charge >= 0.3 is 5.97 Å². The summed E-state index contributed by atoms with van der Waals surface area (Å²) < 4.78 is 10.5. The molecule has 1 amide bonds. The third-order valence-corrected chi connectivity index (χ3v) is 4.39. The Morgan fingerprint density at radius 1 is 0.897 bits per heavy atom. The lowest BCUT2D eigenvalue weighted by molar-refractivity contribution is -0.118. The lowest BCUT2D eigenvalue weighted by Gasteiger charge is -2.23. The molecule has 0 saturated heterocycles. The molecule has 3 aromatic carbocycles. The smallest absolute Gasteiger partial charge is 0.338 e. The maximum Gasteiger partial charge on any atom is 0.338 e. The number of anilines is 2. The molecule has 0 aliphatic heterocycles. The molecule has 0 saturated carbocycles. The van der Waals surface area contributed by atoms with E-state index in [1.165, 1.54) is 6.39 Å². The third-order valence-electron chi connectivity index (χ3n) is 4.39. The lowest BCUT2D eigenvalue weighted by Crippen LogP contribution is -2.27. The Bertz CT molecular complexity index is 1080. The topological polar surface area (TPSA) is 72.6 Å². The van der Waals surface area contributed by atoms with Crippen LogP contribution in [0.3, 0.4) is 0 Å². The monoisotopic (exact) mass is 386 g/mol. The standard InChI is InChI=1S/C23H18N2O4/c26-22(25(18-7-3-1-4-8-18)19-9-5-2-6-10-19)13-14-28-23(27)17-11-12-20-21(15-17)29-16-24-20/h1-12,15-16H,13-14H2. The molecule has 0 bridgehead atoms. The Hall–Kier alpha value is -3.93. The fourth-order valence-corrected chi connectivity index (χ4v) is 3.00. The van der Waals surface area contributed by atoms with Crippen molar-refractivity contribution in [2.45, 2.75) is 6.42 Å². The quantitative estimate of drug-likeness (QED) is 0.448. The van der Waals surface area contributed by atoms with Crippen LogP contribution in [0.5, 0.6) is 0 Å². The first-order valence-corrected chi connectivity index (χ1v) is 9.16. The summed E-state index contributed by atoms with van der Waals surface area (Å²) >= 11 is 0. The highest BCUT2D eigenvalue weighted by Gasteiger charge is 2.18. The van der Waals surface area contributed by atoms with Crippen molar-refractivity contribution in [3.63, 3.8) is 0 Å². The number of rotatable bonds is 6. The van der Waals surface area contributed by atoms with Crippen molar-refractivity contribution in [2.75, 3.05) is 11.5 Å². The molecule has 0 aliphatic carbocycles. The highest BCUT2D eigenvalue weighted by Crippen LogP contribution is 2.25. The minimum atomic E-state index is -0.512. The molecular weight excluding hydrogens is 368 g/mol. The summed E-state index contributed by atoms with van der Waals surface area (Å²) in [5.74, 6) is -0.678. The van der Waals surface area contributed by atoms with Crippen molar-refractivity contribution < 1.29 is 18.7 Å². The van der Waals surface area contributed by atoms with Gasteiger partial charge < -0.3 is 9.15 Å². The number of nitrogens with zero attached hydrogens (tertiary/aromatic N) is 2. The number of aromatic nitrogens is 1. The van der Waals surface area contributed by atoms with Crippen LogP contribution in [0.25, 0.3) is 11.1 Å². The number of oxazole rings is 1. The summed E-state index contributed by atoms with van der Waals surface area (Å²) in [6, 6.07) is 23.6. The van der Waals surface area contributed by atoms with E-state index in [9.17, 15) is 9.59 Å². The SMILES string of the molecule is O=C(OCCC(=O)N(c1ccccc1)c1ccccc1)c1ccc2ncoc2c1. The number of carbonyl (C=O) groups excluding carboxylic acids is 2. The van der Waals surface area contributed by atoms with Gasteiger partial charge in [-0.1, -0.05) is 36.4 Å². The van der Waals surface area contributed by atoms with E-state index < -0.39 is 5.97 Å². The predicted molar refractivity (Wildman–Crippen MR) is 109 cm³/mol. The van der Waals surface area contributed by atoms with E-state index in [1.54, 1.807) is 23.1 Å². The number of fused-ring (bicyclic) bond motifs is 1. The molecule has 0 fully saturated rings. The molecule has 6 nitrogen and oxygen atoms in total. The Balaban J connectivity index is 1.43. The molecule has 0 unspecified atom stereocenters. The Morgan fingerprint density at radius 2 is 1.55 bits per heavy atom. The molecule has 4 aromatic rings. The number of carbonyl (C=O) groups is 2. The number of para-hydroxylation sites is 2. The minimum Gasteiger partial charge on any atom is -0.462 e. The van der Waals surface area contributed by atoms with Gasteiger partial charge in [0.1, 0.15) is 12.1 Å². The van der Waals surface area contributed by atoms with Gasteiger partial charge in [-0.25, -0.2) is 9.78 Å². The maximum absolute atomic E-state index is 12.9. The maximum atomic E-state index is 12.9. The van der Waals surface area contributed by atoms with Crippen molar-refractivity contribution in [1.29, 1.82) is 0 Å². The molecular formula is C23H18N2O4. The first-order chi connectivity index (χ1) is 14.2. The van der Waals surface area contributed by atoms with Crippen molar-refractivity contribution >= 4 is 34.4 Å². The number of hydrogen-bond acceptors (Lipinski definition) is 5. The molecule has 0 aliphatic rings. The molecule has 6 heteroatoms. The van der Waals surface area contributed by atoms with Crippen molar-refractivity contribution in [3.8, 4) is 0 Å². The zero-order valence-corrected chi connectivity index (χ0v) is 15.5. The number of ether oxygens (including phenoxy) is 1. The van der Waals surface area contributed by atoms with E-state index >= 15 is 0 Å². The zero-order valence-electron chi connectivity index (χ0n) is 15.5. The second-order valence-corrected chi connectivity index (χ2v) is 6.32. The van der Waals surface area contributed by atoms with E-state index in [0.717, 1.165) is 11.4 Å². The van der Waals surface area contributed by atoms with Gasteiger partial charge in [0.05, 0.1) is 12.0 Å². The largest absolute Gasteiger partial charge is 0.462 e. The zero-order chi connectivity index (χ0) is 20.1. The van der Waals surface area contributed by atoms with Gasteiger partial charge in [-0.2, -0.15) is 0 Å². The lowest BCUT2D eigenvalue weighted by atomic mass is 10.2. The molecule has 144 valence electrons. The van der Waals surface area contributed by atoms with Gasteiger partial charge in [0.15, 0.2) is 12.0 Å². The van der Waals surface area contributed by atoms with E-state index in [4.69, 9.17) is 9.15 Å². The molecule has 0 N–H and O–H groups in total. The Kier molecular flexibility index (Phi) is 5.33. The van der Waals surface area contributed by atoms with Crippen LogP contribution in [0.2, 0.25) is 0 Å². The highest BCUT2D eigenvalue weighted by molar-refractivity contribution is 6.00. The van der Waals surface area contributed by atoms with Gasteiger partial charge in [0.2, 0.25) is 5.91 Å². The van der Waals surface area contributed by atoms with Crippen LogP contribution in [0.4, 0.5) is 11.4 Å². The molecule has 0 radical (unpaired) electrons. The molecule has 1 aromatic heterocycles. The summed E-state index contributed by atoms with van der Waals surface area (Å²) in [4.78, 5) is 30.8. The van der Waals surface area contributed by atoms with E-state index in [-0.39, 0.29) is 18.9 Å². The van der Waals surface area contributed by atoms with Crippen LogP contribution in [0, 0.1) is 0 Å². The summed E-state index contributed by atoms with van der Waals surface area (Å²) in [7, 11) is 0. The predicted octanol–water partition coefficient (Wildman–Crippen LogP) is 4.74.